The van der Waals surface area contributed by atoms with Gasteiger partial charge in [0.1, 0.15) is 15.9 Å². The molecule has 0 aromatic heterocycles. The predicted molar refractivity (Wildman–Crippen MR) is 111 cm³/mol. The monoisotopic (exact) mass is 436 g/mol. The summed E-state index contributed by atoms with van der Waals surface area (Å²) in [6.07, 6.45) is -0.630. The van der Waals surface area contributed by atoms with Gasteiger partial charge in [-0.15, -0.1) is 0 Å². The third-order valence-corrected chi connectivity index (χ3v) is 6.85. The highest BCUT2D eigenvalue weighted by molar-refractivity contribution is 7.97. The second-order valence-corrected chi connectivity index (χ2v) is 9.59. The molecule has 0 aliphatic heterocycles. The lowest BCUT2D eigenvalue weighted by Crippen LogP contribution is -2.26. The Morgan fingerprint density at radius 1 is 0.759 bits per heavy atom. The molecule has 0 unspecified atom stereocenters. The SMILES string of the molecule is CCC(F)(F)CS(=O)(=O)[O-].c1ccc([S+](c2ccccc2)c2ccccc2)cc1. The number of rotatable bonds is 6. The summed E-state index contributed by atoms with van der Waals surface area (Å²) in [5.74, 6) is -4.98. The standard InChI is InChI=1S/C18H15S.C4H8F2O3S/c1-4-10-16(11-5-1)19(17-12-6-2-7-13-17)18-14-8-3-9-15-18;1-2-4(5,6)3-10(7,8)9/h1-15H;2-3H2,1H3,(H,7,8,9)/q+1;/p-1. The Labute approximate surface area is 173 Å². The average Bonchev–Trinajstić information content (AvgIpc) is 2.70. The van der Waals surface area contributed by atoms with E-state index in [2.05, 4.69) is 91.0 Å². The molecule has 0 bridgehead atoms. The van der Waals surface area contributed by atoms with Gasteiger partial charge < -0.3 is 4.55 Å². The zero-order valence-electron chi connectivity index (χ0n) is 15.9. The molecule has 0 radical (unpaired) electrons. The summed E-state index contributed by atoms with van der Waals surface area (Å²) in [5.41, 5.74) is 0. The van der Waals surface area contributed by atoms with E-state index in [9.17, 15) is 21.8 Å². The lowest BCUT2D eigenvalue weighted by Gasteiger charge is -2.15. The minimum absolute atomic E-state index is 0.0146. The normalized spacial score (nSPS) is 11.6. The first-order valence-corrected chi connectivity index (χ1v) is 11.7. The molecule has 3 aromatic carbocycles. The number of alkyl halides is 2. The maximum absolute atomic E-state index is 12.1. The highest BCUT2D eigenvalue weighted by Crippen LogP contribution is 2.30. The molecule has 29 heavy (non-hydrogen) atoms. The Morgan fingerprint density at radius 3 is 1.28 bits per heavy atom. The third-order valence-electron chi connectivity index (χ3n) is 3.84. The van der Waals surface area contributed by atoms with Crippen molar-refractivity contribution in [3.8, 4) is 0 Å². The van der Waals surface area contributed by atoms with E-state index in [0.717, 1.165) is 6.92 Å². The summed E-state index contributed by atoms with van der Waals surface area (Å²) >= 11 is 0. The van der Waals surface area contributed by atoms with Gasteiger partial charge >= 0.3 is 0 Å². The largest absolute Gasteiger partial charge is 0.748 e. The van der Waals surface area contributed by atoms with Crippen LogP contribution in [0.5, 0.6) is 0 Å². The number of hydrogen-bond acceptors (Lipinski definition) is 3. The molecule has 7 heteroatoms. The van der Waals surface area contributed by atoms with Crippen molar-refractivity contribution in [2.24, 2.45) is 0 Å². The molecule has 0 heterocycles. The van der Waals surface area contributed by atoms with Crippen LogP contribution in [0.2, 0.25) is 0 Å². The van der Waals surface area contributed by atoms with E-state index in [1.165, 1.54) is 14.7 Å². The smallest absolute Gasteiger partial charge is 0.260 e. The van der Waals surface area contributed by atoms with Crippen molar-refractivity contribution >= 4 is 21.0 Å². The fraction of sp³-hybridized carbons (Fsp3) is 0.182. The lowest BCUT2D eigenvalue weighted by molar-refractivity contribution is 0.0202. The molecule has 3 nitrogen and oxygen atoms in total. The zero-order chi connectivity index (χ0) is 21.3. The summed E-state index contributed by atoms with van der Waals surface area (Å²) in [6, 6.07) is 32.2. The van der Waals surface area contributed by atoms with Crippen LogP contribution in [-0.2, 0) is 21.0 Å². The van der Waals surface area contributed by atoms with Crippen molar-refractivity contribution in [1.29, 1.82) is 0 Å². The molecule has 0 N–H and O–H groups in total. The molecular formula is C22H22F2O3S2. The Balaban J connectivity index is 0.000000257. The van der Waals surface area contributed by atoms with Gasteiger partial charge in [-0.1, -0.05) is 61.5 Å². The minimum Gasteiger partial charge on any atom is -0.748 e. The van der Waals surface area contributed by atoms with E-state index < -0.39 is 28.2 Å². The van der Waals surface area contributed by atoms with Gasteiger partial charge in [0.2, 0.25) is 0 Å². The van der Waals surface area contributed by atoms with Crippen molar-refractivity contribution in [2.45, 2.75) is 34.0 Å². The van der Waals surface area contributed by atoms with Crippen LogP contribution >= 0.6 is 0 Å². The lowest BCUT2D eigenvalue weighted by atomic mass is 10.3. The van der Waals surface area contributed by atoms with Crippen LogP contribution in [0.1, 0.15) is 13.3 Å². The molecule has 3 rings (SSSR count). The maximum atomic E-state index is 12.1. The van der Waals surface area contributed by atoms with E-state index in [4.69, 9.17) is 0 Å². The highest BCUT2D eigenvalue weighted by atomic mass is 32.2. The summed E-state index contributed by atoms with van der Waals surface area (Å²) in [5, 5.41) is 0. The van der Waals surface area contributed by atoms with Crippen LogP contribution in [0.25, 0.3) is 0 Å². The molecule has 0 saturated carbocycles. The molecule has 0 aliphatic rings. The average molecular weight is 437 g/mol. The van der Waals surface area contributed by atoms with E-state index in [1.54, 1.807) is 0 Å². The third kappa shape index (κ3) is 7.97. The Bertz CT molecular complexity index is 871. The van der Waals surface area contributed by atoms with E-state index >= 15 is 0 Å². The first-order chi connectivity index (χ1) is 13.7. The Morgan fingerprint density at radius 2 is 1.07 bits per heavy atom. The summed E-state index contributed by atoms with van der Waals surface area (Å²) in [6.45, 7) is 1.12. The molecule has 0 spiro atoms. The van der Waals surface area contributed by atoms with Crippen molar-refractivity contribution < 1.29 is 21.8 Å². The summed E-state index contributed by atoms with van der Waals surface area (Å²) < 4.78 is 53.4. The van der Waals surface area contributed by atoms with Gasteiger partial charge in [0.15, 0.2) is 14.7 Å². The first-order valence-electron chi connectivity index (χ1n) is 8.93. The summed E-state index contributed by atoms with van der Waals surface area (Å²) in [4.78, 5) is 4.08. The van der Waals surface area contributed by atoms with E-state index in [1.807, 2.05) is 0 Å². The Kier molecular flexibility index (Phi) is 8.37. The van der Waals surface area contributed by atoms with Crippen LogP contribution in [0, 0.1) is 0 Å². The molecule has 0 atom stereocenters. The second kappa shape index (κ2) is 10.5. The molecular weight excluding hydrogens is 414 g/mol. The van der Waals surface area contributed by atoms with Crippen molar-refractivity contribution in [2.75, 3.05) is 5.75 Å². The maximum Gasteiger partial charge on any atom is 0.260 e. The van der Waals surface area contributed by atoms with Crippen LogP contribution < -0.4 is 0 Å². The van der Waals surface area contributed by atoms with Crippen LogP contribution in [0.4, 0.5) is 8.78 Å². The van der Waals surface area contributed by atoms with Gasteiger partial charge in [-0.05, 0) is 36.4 Å². The van der Waals surface area contributed by atoms with Crippen molar-refractivity contribution in [3.05, 3.63) is 91.0 Å². The zero-order valence-corrected chi connectivity index (χ0v) is 17.5. The van der Waals surface area contributed by atoms with E-state index in [0.29, 0.717) is 0 Å². The predicted octanol–water partition coefficient (Wildman–Crippen LogP) is 5.36. The van der Waals surface area contributed by atoms with E-state index in [-0.39, 0.29) is 10.9 Å². The number of halogens is 2. The molecule has 0 aliphatic carbocycles. The fourth-order valence-electron chi connectivity index (χ4n) is 2.44. The van der Waals surface area contributed by atoms with Crippen LogP contribution in [0.3, 0.4) is 0 Å². The Hall–Kier alpha value is -2.22. The van der Waals surface area contributed by atoms with Gasteiger partial charge in [-0.3, -0.25) is 0 Å². The highest BCUT2D eigenvalue weighted by Gasteiger charge is 2.29. The topological polar surface area (TPSA) is 57.2 Å². The molecule has 0 amide bonds. The fourth-order valence-corrected chi connectivity index (χ4v) is 5.26. The summed E-state index contributed by atoms with van der Waals surface area (Å²) in [7, 11) is -4.81. The van der Waals surface area contributed by atoms with Crippen LogP contribution in [-0.4, -0.2) is 24.6 Å². The van der Waals surface area contributed by atoms with Gasteiger partial charge in [-0.25, -0.2) is 17.2 Å². The molecule has 0 fully saturated rings. The van der Waals surface area contributed by atoms with Gasteiger partial charge in [0.25, 0.3) is 5.92 Å². The van der Waals surface area contributed by atoms with Crippen molar-refractivity contribution in [1.82, 2.24) is 0 Å². The van der Waals surface area contributed by atoms with Gasteiger partial charge in [-0.2, -0.15) is 0 Å². The second-order valence-electron chi connectivity index (χ2n) is 6.16. The van der Waals surface area contributed by atoms with Crippen molar-refractivity contribution in [3.63, 3.8) is 0 Å². The molecule has 154 valence electrons. The molecule has 3 aromatic rings. The number of hydrogen-bond donors (Lipinski definition) is 0. The quantitative estimate of drug-likeness (QED) is 0.386. The number of benzene rings is 3. The minimum atomic E-state index is -4.79. The van der Waals surface area contributed by atoms with Gasteiger partial charge in [0, 0.05) is 6.42 Å². The molecule has 0 saturated heterocycles. The van der Waals surface area contributed by atoms with Crippen LogP contribution in [0.15, 0.2) is 106 Å². The van der Waals surface area contributed by atoms with Gasteiger partial charge in [0.05, 0.1) is 10.9 Å². The first kappa shape index (κ1) is 23.1.